The van der Waals surface area contributed by atoms with Gasteiger partial charge < -0.3 is 20.4 Å². The maximum Gasteiger partial charge on any atom is 0.240 e. The molecule has 0 unspecified atom stereocenters. The van der Waals surface area contributed by atoms with Crippen LogP contribution in [0.4, 0.5) is 5.95 Å². The first kappa shape index (κ1) is 21.0. The van der Waals surface area contributed by atoms with Gasteiger partial charge >= 0.3 is 0 Å². The number of anilines is 1. The van der Waals surface area contributed by atoms with Crippen LogP contribution in [0.15, 0.2) is 18.5 Å². The van der Waals surface area contributed by atoms with Crippen LogP contribution in [-0.2, 0) is 9.59 Å². The highest BCUT2D eigenvalue weighted by molar-refractivity contribution is 5.87. The number of nitrogens with zero attached hydrogens (tertiary/aromatic N) is 5. The van der Waals surface area contributed by atoms with E-state index in [9.17, 15) is 9.59 Å². The van der Waals surface area contributed by atoms with Crippen LogP contribution in [0.25, 0.3) is 0 Å². The summed E-state index contributed by atoms with van der Waals surface area (Å²) in [7, 11) is 0. The van der Waals surface area contributed by atoms with Crippen molar-refractivity contribution in [1.29, 1.82) is 0 Å². The summed E-state index contributed by atoms with van der Waals surface area (Å²) in [5, 5.41) is 6.62. The number of likely N-dealkylation sites (tertiary alicyclic amines) is 1. The van der Waals surface area contributed by atoms with Crippen LogP contribution in [0.1, 0.15) is 26.7 Å². The topological polar surface area (TPSA) is 93.7 Å². The van der Waals surface area contributed by atoms with Gasteiger partial charge in [0.25, 0.3) is 0 Å². The second-order valence-electron chi connectivity index (χ2n) is 9.48. The number of carbonyl (C=O) groups is 2. The van der Waals surface area contributed by atoms with E-state index in [1.807, 2.05) is 11.0 Å². The molecule has 4 heterocycles. The van der Waals surface area contributed by atoms with Gasteiger partial charge in [0.15, 0.2) is 0 Å². The van der Waals surface area contributed by atoms with Gasteiger partial charge in [-0.15, -0.1) is 0 Å². The first-order chi connectivity index (χ1) is 14.4. The Morgan fingerprint density at radius 2 is 1.70 bits per heavy atom. The van der Waals surface area contributed by atoms with Crippen molar-refractivity contribution in [3.05, 3.63) is 18.5 Å². The summed E-state index contributed by atoms with van der Waals surface area (Å²) < 4.78 is 0. The number of nitrogens with one attached hydrogen (secondary N) is 2. The van der Waals surface area contributed by atoms with E-state index >= 15 is 0 Å². The third-order valence-corrected chi connectivity index (χ3v) is 6.60. The second kappa shape index (κ2) is 8.47. The Labute approximate surface area is 178 Å². The zero-order valence-corrected chi connectivity index (χ0v) is 18.1. The van der Waals surface area contributed by atoms with Crippen LogP contribution < -0.4 is 15.5 Å². The predicted molar refractivity (Wildman–Crippen MR) is 114 cm³/mol. The average Bonchev–Trinajstić information content (AvgIpc) is 2.87. The number of aromatic nitrogens is 2. The molecular weight excluding hydrogens is 382 g/mol. The Hall–Kier alpha value is -2.26. The SMILES string of the molecule is CC1(C)CNC(=O)C2(CCN(C(=O)CN3CCN(c4ncccn4)CC3)CC2)NC1. The van der Waals surface area contributed by atoms with E-state index in [4.69, 9.17) is 0 Å². The quantitative estimate of drug-likeness (QED) is 0.700. The molecule has 1 aromatic rings. The highest BCUT2D eigenvalue weighted by atomic mass is 16.2. The van der Waals surface area contributed by atoms with Gasteiger partial charge in [-0.3, -0.25) is 14.5 Å². The third-order valence-electron chi connectivity index (χ3n) is 6.60. The highest BCUT2D eigenvalue weighted by Gasteiger charge is 2.45. The molecule has 0 bridgehead atoms. The number of hydrogen-bond acceptors (Lipinski definition) is 7. The summed E-state index contributed by atoms with van der Waals surface area (Å²) in [5.41, 5.74) is -0.495. The first-order valence-corrected chi connectivity index (χ1v) is 10.9. The van der Waals surface area contributed by atoms with E-state index in [0.29, 0.717) is 39.0 Å². The fourth-order valence-electron chi connectivity index (χ4n) is 4.43. The van der Waals surface area contributed by atoms with Gasteiger partial charge in [0.05, 0.1) is 6.54 Å². The first-order valence-electron chi connectivity index (χ1n) is 10.9. The maximum atomic E-state index is 12.9. The molecule has 2 amide bonds. The van der Waals surface area contributed by atoms with Crippen molar-refractivity contribution in [3.63, 3.8) is 0 Å². The molecule has 0 saturated carbocycles. The molecular formula is C21H33N7O2. The Kier molecular flexibility index (Phi) is 5.92. The van der Waals surface area contributed by atoms with E-state index in [0.717, 1.165) is 38.7 Å². The molecule has 3 saturated heterocycles. The molecule has 2 N–H and O–H groups in total. The molecule has 3 aliphatic heterocycles. The van der Waals surface area contributed by atoms with Gasteiger partial charge in [-0.05, 0) is 24.3 Å². The fraction of sp³-hybridized carbons (Fsp3) is 0.714. The second-order valence-corrected chi connectivity index (χ2v) is 9.48. The molecule has 0 aromatic carbocycles. The molecule has 9 heteroatoms. The Morgan fingerprint density at radius 1 is 1.03 bits per heavy atom. The Morgan fingerprint density at radius 3 is 2.37 bits per heavy atom. The number of amides is 2. The number of piperidine rings is 1. The largest absolute Gasteiger partial charge is 0.354 e. The molecule has 4 rings (SSSR count). The van der Waals surface area contributed by atoms with Crippen LogP contribution in [0, 0.1) is 5.41 Å². The summed E-state index contributed by atoms with van der Waals surface area (Å²) in [5.74, 6) is 0.991. The van der Waals surface area contributed by atoms with Gasteiger partial charge in [-0.2, -0.15) is 0 Å². The van der Waals surface area contributed by atoms with Crippen molar-refractivity contribution in [2.24, 2.45) is 5.41 Å². The van der Waals surface area contributed by atoms with Crippen LogP contribution >= 0.6 is 0 Å². The van der Waals surface area contributed by atoms with Crippen molar-refractivity contribution >= 4 is 17.8 Å². The molecule has 0 atom stereocenters. The summed E-state index contributed by atoms with van der Waals surface area (Å²) >= 11 is 0. The molecule has 164 valence electrons. The zero-order chi connectivity index (χ0) is 21.2. The van der Waals surface area contributed by atoms with Crippen LogP contribution in [0.5, 0.6) is 0 Å². The lowest BCUT2D eigenvalue weighted by Crippen LogP contribution is -2.61. The van der Waals surface area contributed by atoms with Crippen molar-refractivity contribution in [2.75, 3.05) is 63.8 Å². The van der Waals surface area contributed by atoms with Crippen molar-refractivity contribution in [3.8, 4) is 0 Å². The van der Waals surface area contributed by atoms with Gasteiger partial charge in [0.1, 0.15) is 5.54 Å². The zero-order valence-electron chi connectivity index (χ0n) is 18.1. The van der Waals surface area contributed by atoms with E-state index in [1.165, 1.54) is 0 Å². The normalized spacial score (nSPS) is 24.4. The standard InChI is InChI=1S/C21H33N7O2/c1-20(2)15-24-18(30)21(25-16-20)4-8-27(9-5-21)17(29)14-26-10-12-28(13-11-26)19-22-6-3-7-23-19/h3,6-7,25H,4-5,8-16H2,1-2H3,(H,24,30). The lowest BCUT2D eigenvalue weighted by Gasteiger charge is -2.41. The van der Waals surface area contributed by atoms with E-state index < -0.39 is 5.54 Å². The molecule has 1 aromatic heterocycles. The molecule has 0 radical (unpaired) electrons. The Bertz CT molecular complexity index is 754. The molecule has 30 heavy (non-hydrogen) atoms. The minimum Gasteiger partial charge on any atom is -0.354 e. The summed E-state index contributed by atoms with van der Waals surface area (Å²) in [4.78, 5) is 40.5. The molecule has 3 fully saturated rings. The van der Waals surface area contributed by atoms with Gasteiger partial charge in [-0.1, -0.05) is 13.8 Å². The number of piperazine rings is 1. The summed E-state index contributed by atoms with van der Waals surface area (Å²) in [6.45, 7) is 10.8. The van der Waals surface area contributed by atoms with Crippen LogP contribution in [-0.4, -0.2) is 96.0 Å². The maximum absolute atomic E-state index is 12.9. The fourth-order valence-corrected chi connectivity index (χ4v) is 4.43. The van der Waals surface area contributed by atoms with E-state index in [2.05, 4.69) is 44.2 Å². The average molecular weight is 416 g/mol. The lowest BCUT2D eigenvalue weighted by molar-refractivity contribution is -0.138. The minimum atomic E-state index is -0.536. The van der Waals surface area contributed by atoms with Gasteiger partial charge in [0, 0.05) is 64.8 Å². The molecule has 1 spiro atoms. The van der Waals surface area contributed by atoms with Crippen LogP contribution in [0.3, 0.4) is 0 Å². The van der Waals surface area contributed by atoms with Crippen molar-refractivity contribution in [1.82, 2.24) is 30.4 Å². The Balaban J connectivity index is 1.26. The van der Waals surface area contributed by atoms with Gasteiger partial charge in [0.2, 0.25) is 17.8 Å². The van der Waals surface area contributed by atoms with E-state index in [1.54, 1.807) is 12.4 Å². The summed E-state index contributed by atoms with van der Waals surface area (Å²) in [6, 6.07) is 1.82. The highest BCUT2D eigenvalue weighted by Crippen LogP contribution is 2.27. The minimum absolute atomic E-state index is 0.0407. The van der Waals surface area contributed by atoms with Crippen molar-refractivity contribution < 1.29 is 9.59 Å². The number of rotatable bonds is 3. The molecule has 3 aliphatic rings. The lowest BCUT2D eigenvalue weighted by atomic mass is 9.86. The third kappa shape index (κ3) is 4.57. The smallest absolute Gasteiger partial charge is 0.240 e. The molecule has 9 nitrogen and oxygen atoms in total. The number of carbonyl (C=O) groups excluding carboxylic acids is 2. The monoisotopic (exact) mass is 415 g/mol. The number of hydrogen-bond donors (Lipinski definition) is 2. The van der Waals surface area contributed by atoms with Gasteiger partial charge in [-0.25, -0.2) is 9.97 Å². The van der Waals surface area contributed by atoms with Crippen LogP contribution in [0.2, 0.25) is 0 Å². The molecule has 0 aliphatic carbocycles. The summed E-state index contributed by atoms with van der Waals surface area (Å²) in [6.07, 6.45) is 4.84. The van der Waals surface area contributed by atoms with Crippen molar-refractivity contribution in [2.45, 2.75) is 32.2 Å². The predicted octanol–water partition coefficient (Wildman–Crippen LogP) is -0.295. The van der Waals surface area contributed by atoms with E-state index in [-0.39, 0.29) is 17.2 Å².